The minimum Gasteiger partial charge on any atom is -0.323 e. The smallest absolute Gasteiger partial charge is 0.224 e. The largest absolute Gasteiger partial charge is 0.323 e. The molecule has 1 aromatic carbocycles. The minimum absolute atomic E-state index is 0.0352. The number of allylic oxidation sites excluding steroid dienone is 2. The summed E-state index contributed by atoms with van der Waals surface area (Å²) in [5, 5.41) is 2.88. The second-order valence-corrected chi connectivity index (χ2v) is 5.84. The number of ketones is 1. The lowest BCUT2D eigenvalue weighted by Crippen LogP contribution is -2.26. The number of carbonyl (C=O) groups is 2. The van der Waals surface area contributed by atoms with Crippen molar-refractivity contribution in [3.63, 3.8) is 0 Å². The number of unbranched alkanes of at least 4 members (excludes halogenated alkanes) is 3. The summed E-state index contributed by atoms with van der Waals surface area (Å²) in [7, 11) is 0. The van der Waals surface area contributed by atoms with Gasteiger partial charge in [0.25, 0.3) is 0 Å². The first-order valence-corrected chi connectivity index (χ1v) is 8.36. The molecular weight excluding hydrogens is 274 g/mol. The number of fused-ring (bicyclic) bond motifs is 1. The molecule has 22 heavy (non-hydrogen) atoms. The number of nitrogens with one attached hydrogen (secondary N) is 1. The predicted molar refractivity (Wildman–Crippen MR) is 89.5 cm³/mol. The predicted octanol–water partition coefficient (Wildman–Crippen LogP) is 4.48. The fourth-order valence-corrected chi connectivity index (χ4v) is 2.83. The number of carbonyl (C=O) groups excluding carboxylic acids is 2. The Kier molecular flexibility index (Phi) is 5.93. The fraction of sp³-hybridized carbons (Fsp3) is 0.474. The summed E-state index contributed by atoms with van der Waals surface area (Å²) in [5.41, 5.74) is 3.24. The van der Waals surface area contributed by atoms with Crippen LogP contribution < -0.4 is 5.32 Å². The van der Waals surface area contributed by atoms with Crippen LogP contribution in [0.5, 0.6) is 0 Å². The maximum Gasteiger partial charge on any atom is 0.224 e. The zero-order valence-electron chi connectivity index (χ0n) is 13.6. The Morgan fingerprint density at radius 2 is 1.68 bits per heavy atom. The van der Waals surface area contributed by atoms with Crippen molar-refractivity contribution in [3.8, 4) is 0 Å². The van der Waals surface area contributed by atoms with E-state index in [2.05, 4.69) is 19.2 Å². The molecule has 0 radical (unpaired) electrons. The van der Waals surface area contributed by atoms with E-state index in [1.54, 1.807) is 0 Å². The van der Waals surface area contributed by atoms with Gasteiger partial charge in [-0.15, -0.1) is 0 Å². The summed E-state index contributed by atoms with van der Waals surface area (Å²) < 4.78 is 0. The van der Waals surface area contributed by atoms with Gasteiger partial charge >= 0.3 is 0 Å². The summed E-state index contributed by atoms with van der Waals surface area (Å²) in [6.45, 7) is 4.22. The van der Waals surface area contributed by atoms with Gasteiger partial charge in [0.05, 0.1) is 5.70 Å². The average molecular weight is 299 g/mol. The van der Waals surface area contributed by atoms with E-state index in [4.69, 9.17) is 0 Å². The van der Waals surface area contributed by atoms with Gasteiger partial charge < -0.3 is 5.32 Å². The van der Waals surface area contributed by atoms with E-state index in [0.717, 1.165) is 55.2 Å². The summed E-state index contributed by atoms with van der Waals surface area (Å²) >= 11 is 0. The Bertz CT molecular complexity index is 587. The molecule has 0 heterocycles. The highest BCUT2D eigenvalue weighted by molar-refractivity contribution is 6.21. The number of hydrogen-bond donors (Lipinski definition) is 1. The third kappa shape index (κ3) is 3.65. The zero-order valence-corrected chi connectivity index (χ0v) is 13.6. The van der Waals surface area contributed by atoms with Crippen LogP contribution in [0.15, 0.2) is 30.0 Å². The van der Waals surface area contributed by atoms with Crippen molar-refractivity contribution in [2.45, 2.75) is 58.8 Å². The summed E-state index contributed by atoms with van der Waals surface area (Å²) in [6, 6.07) is 7.67. The highest BCUT2D eigenvalue weighted by atomic mass is 16.2. The van der Waals surface area contributed by atoms with Crippen LogP contribution in [-0.4, -0.2) is 11.7 Å². The van der Waals surface area contributed by atoms with Crippen LogP contribution >= 0.6 is 0 Å². The first kappa shape index (κ1) is 16.5. The first-order valence-electron chi connectivity index (χ1n) is 8.36. The van der Waals surface area contributed by atoms with Gasteiger partial charge in [0, 0.05) is 12.0 Å². The lowest BCUT2D eigenvalue weighted by atomic mass is 10.0. The standard InChI is InChI=1S/C19H25NO2/c1-3-5-7-11-15-14-10-8-9-12-16(14)19(22)18(15)20-17(21)13-6-4-2/h8-10,12H,3-7,11,13H2,1-2H3,(H,20,21,22). The van der Waals surface area contributed by atoms with Crippen LogP contribution in [-0.2, 0) is 4.79 Å². The maximum absolute atomic E-state index is 12.6. The van der Waals surface area contributed by atoms with E-state index in [-0.39, 0.29) is 11.7 Å². The highest BCUT2D eigenvalue weighted by Crippen LogP contribution is 2.35. The third-order valence-corrected chi connectivity index (χ3v) is 4.08. The van der Waals surface area contributed by atoms with Crippen molar-refractivity contribution >= 4 is 17.3 Å². The summed E-state index contributed by atoms with van der Waals surface area (Å²) in [6.07, 6.45) is 6.47. The van der Waals surface area contributed by atoms with Gasteiger partial charge in [-0.1, -0.05) is 57.4 Å². The first-order chi connectivity index (χ1) is 10.7. The molecule has 3 nitrogen and oxygen atoms in total. The number of rotatable bonds is 8. The van der Waals surface area contributed by atoms with Crippen molar-refractivity contribution in [2.75, 3.05) is 0 Å². The molecular formula is C19H25NO2. The number of amides is 1. The molecule has 1 N–H and O–H groups in total. The van der Waals surface area contributed by atoms with E-state index in [9.17, 15) is 9.59 Å². The van der Waals surface area contributed by atoms with E-state index >= 15 is 0 Å². The van der Waals surface area contributed by atoms with Crippen molar-refractivity contribution in [1.29, 1.82) is 0 Å². The number of Topliss-reactive ketones (excluding diaryl/α,β-unsaturated/α-hetero) is 1. The van der Waals surface area contributed by atoms with E-state index in [0.29, 0.717) is 12.1 Å². The quantitative estimate of drug-likeness (QED) is 0.719. The molecule has 3 heteroatoms. The zero-order chi connectivity index (χ0) is 15.9. The lowest BCUT2D eigenvalue weighted by molar-refractivity contribution is -0.120. The van der Waals surface area contributed by atoms with Gasteiger partial charge in [-0.2, -0.15) is 0 Å². The molecule has 0 saturated heterocycles. The molecule has 118 valence electrons. The second kappa shape index (κ2) is 7.92. The van der Waals surface area contributed by atoms with Gasteiger partial charge in [0.15, 0.2) is 0 Å². The van der Waals surface area contributed by atoms with Crippen molar-refractivity contribution in [2.24, 2.45) is 0 Å². The van der Waals surface area contributed by atoms with Crippen LogP contribution in [0.4, 0.5) is 0 Å². The van der Waals surface area contributed by atoms with Crippen LogP contribution in [0.25, 0.3) is 5.57 Å². The van der Waals surface area contributed by atoms with E-state index in [1.807, 2.05) is 24.3 Å². The Morgan fingerprint density at radius 1 is 1.00 bits per heavy atom. The van der Waals surface area contributed by atoms with Crippen molar-refractivity contribution in [3.05, 3.63) is 41.1 Å². The van der Waals surface area contributed by atoms with Crippen LogP contribution in [0.2, 0.25) is 0 Å². The summed E-state index contributed by atoms with van der Waals surface area (Å²) in [5.74, 6) is -0.0852. The SMILES string of the molecule is CCCCCC1=C(NC(=O)CCCC)C(=O)c2ccccc21. The molecule has 0 fully saturated rings. The minimum atomic E-state index is -0.0500. The molecule has 0 atom stereocenters. The Hall–Kier alpha value is -1.90. The molecule has 1 aliphatic rings. The monoisotopic (exact) mass is 299 g/mol. The van der Waals surface area contributed by atoms with Crippen LogP contribution in [0, 0.1) is 0 Å². The normalized spacial score (nSPS) is 13.5. The topological polar surface area (TPSA) is 46.2 Å². The second-order valence-electron chi connectivity index (χ2n) is 5.84. The molecule has 1 amide bonds. The number of hydrogen-bond acceptors (Lipinski definition) is 2. The number of benzene rings is 1. The van der Waals surface area contributed by atoms with Gasteiger partial charge in [0.1, 0.15) is 0 Å². The summed E-state index contributed by atoms with van der Waals surface area (Å²) in [4.78, 5) is 24.6. The van der Waals surface area contributed by atoms with E-state index in [1.165, 1.54) is 0 Å². The van der Waals surface area contributed by atoms with Gasteiger partial charge in [-0.25, -0.2) is 0 Å². The molecule has 0 unspecified atom stereocenters. The van der Waals surface area contributed by atoms with Crippen molar-refractivity contribution in [1.82, 2.24) is 5.32 Å². The Morgan fingerprint density at radius 3 is 2.36 bits per heavy atom. The molecule has 0 bridgehead atoms. The molecule has 1 aliphatic carbocycles. The molecule has 0 spiro atoms. The van der Waals surface area contributed by atoms with Crippen LogP contribution in [0.3, 0.4) is 0 Å². The lowest BCUT2D eigenvalue weighted by Gasteiger charge is -2.09. The Balaban J connectivity index is 2.22. The molecule has 2 rings (SSSR count). The van der Waals surface area contributed by atoms with Gasteiger partial charge in [0.2, 0.25) is 11.7 Å². The van der Waals surface area contributed by atoms with Gasteiger partial charge in [-0.3, -0.25) is 9.59 Å². The van der Waals surface area contributed by atoms with Crippen molar-refractivity contribution < 1.29 is 9.59 Å². The molecule has 0 saturated carbocycles. The average Bonchev–Trinajstić information content (AvgIpc) is 2.79. The Labute approximate surface area is 132 Å². The van der Waals surface area contributed by atoms with E-state index < -0.39 is 0 Å². The highest BCUT2D eigenvalue weighted by Gasteiger charge is 2.29. The third-order valence-electron chi connectivity index (χ3n) is 4.08. The molecule has 0 aliphatic heterocycles. The molecule has 1 aromatic rings. The van der Waals surface area contributed by atoms with Crippen LogP contribution in [0.1, 0.15) is 74.7 Å². The molecule has 0 aromatic heterocycles. The fourth-order valence-electron chi connectivity index (χ4n) is 2.83. The van der Waals surface area contributed by atoms with Gasteiger partial charge in [-0.05, 0) is 30.4 Å². The maximum atomic E-state index is 12.6.